The summed E-state index contributed by atoms with van der Waals surface area (Å²) < 4.78 is 26.6. The van der Waals surface area contributed by atoms with Crippen LogP contribution in [0.5, 0.6) is 0 Å². The summed E-state index contributed by atoms with van der Waals surface area (Å²) in [7, 11) is -3.53. The molecule has 3 rings (SSSR count). The molecular formula is C13H15ClN2O3S. The molecule has 108 valence electrons. The second-order valence-corrected chi connectivity index (χ2v) is 7.41. The van der Waals surface area contributed by atoms with Crippen LogP contribution in [0.1, 0.15) is 19.3 Å². The molecule has 0 atom stereocenters. The fourth-order valence-corrected chi connectivity index (χ4v) is 4.55. The van der Waals surface area contributed by atoms with Gasteiger partial charge < -0.3 is 4.84 Å². The molecule has 7 heteroatoms. The fraction of sp³-hybridized carbons (Fsp3) is 0.462. The molecule has 0 aliphatic carbocycles. The van der Waals surface area contributed by atoms with Crippen LogP contribution in [0.4, 0.5) is 0 Å². The normalized spacial score (nSPS) is 22.1. The van der Waals surface area contributed by atoms with Crippen molar-refractivity contribution in [3.63, 3.8) is 0 Å². The third-order valence-corrected chi connectivity index (χ3v) is 6.27. The second kappa shape index (κ2) is 5.02. The van der Waals surface area contributed by atoms with E-state index < -0.39 is 10.0 Å². The lowest BCUT2D eigenvalue weighted by molar-refractivity contribution is -0.0506. The quantitative estimate of drug-likeness (QED) is 0.841. The Hall–Kier alpha value is -1.11. The fourth-order valence-electron chi connectivity index (χ4n) is 2.61. The van der Waals surface area contributed by atoms with Gasteiger partial charge in [0, 0.05) is 38.6 Å². The van der Waals surface area contributed by atoms with E-state index in [-0.39, 0.29) is 15.5 Å². The topological polar surface area (TPSA) is 59.0 Å². The van der Waals surface area contributed by atoms with Gasteiger partial charge >= 0.3 is 0 Å². The Labute approximate surface area is 123 Å². The maximum atomic E-state index is 12.6. The highest BCUT2D eigenvalue weighted by molar-refractivity contribution is 7.89. The van der Waals surface area contributed by atoms with Crippen molar-refractivity contribution >= 4 is 27.8 Å². The molecule has 2 aliphatic rings. The van der Waals surface area contributed by atoms with Crippen molar-refractivity contribution in [2.45, 2.75) is 29.8 Å². The van der Waals surface area contributed by atoms with E-state index in [1.54, 1.807) is 24.4 Å². The average molecular weight is 315 g/mol. The molecule has 2 heterocycles. The first-order chi connectivity index (χ1) is 9.54. The number of oxime groups is 1. The van der Waals surface area contributed by atoms with Gasteiger partial charge in [-0.25, -0.2) is 8.42 Å². The van der Waals surface area contributed by atoms with Crippen LogP contribution in [0.15, 0.2) is 34.3 Å². The summed E-state index contributed by atoms with van der Waals surface area (Å²) in [6, 6.07) is 6.53. The zero-order chi connectivity index (χ0) is 14.2. The number of rotatable bonds is 2. The Balaban J connectivity index is 1.79. The van der Waals surface area contributed by atoms with E-state index in [9.17, 15) is 8.42 Å². The van der Waals surface area contributed by atoms with E-state index in [1.807, 2.05) is 0 Å². The van der Waals surface area contributed by atoms with Gasteiger partial charge in [0.1, 0.15) is 10.5 Å². The van der Waals surface area contributed by atoms with E-state index in [4.69, 9.17) is 16.4 Å². The first kappa shape index (κ1) is 13.9. The Kier molecular flexibility index (Phi) is 3.48. The number of nitrogens with zero attached hydrogens (tertiary/aromatic N) is 2. The Morgan fingerprint density at radius 2 is 1.95 bits per heavy atom. The van der Waals surface area contributed by atoms with Crippen LogP contribution in [-0.2, 0) is 14.9 Å². The Bertz CT molecular complexity index is 627. The molecule has 0 unspecified atom stereocenters. The molecule has 1 saturated heterocycles. The molecule has 0 aromatic heterocycles. The van der Waals surface area contributed by atoms with Crippen LogP contribution in [-0.4, -0.2) is 37.6 Å². The van der Waals surface area contributed by atoms with Gasteiger partial charge in [0.2, 0.25) is 10.0 Å². The van der Waals surface area contributed by atoms with Crippen molar-refractivity contribution in [2.24, 2.45) is 5.16 Å². The average Bonchev–Trinajstić information content (AvgIpc) is 2.88. The molecule has 0 amide bonds. The number of hydrogen-bond donors (Lipinski definition) is 0. The van der Waals surface area contributed by atoms with E-state index in [0.717, 1.165) is 6.42 Å². The van der Waals surface area contributed by atoms with E-state index in [0.29, 0.717) is 25.9 Å². The molecule has 2 aliphatic heterocycles. The van der Waals surface area contributed by atoms with Gasteiger partial charge in [-0.2, -0.15) is 4.31 Å². The lowest BCUT2D eigenvalue weighted by Crippen LogP contribution is -2.46. The van der Waals surface area contributed by atoms with Crippen LogP contribution in [0.25, 0.3) is 0 Å². The van der Waals surface area contributed by atoms with Gasteiger partial charge in [0.05, 0.1) is 5.02 Å². The molecule has 1 fully saturated rings. The lowest BCUT2D eigenvalue weighted by atomic mass is 9.90. The van der Waals surface area contributed by atoms with Crippen LogP contribution < -0.4 is 0 Å². The summed E-state index contributed by atoms with van der Waals surface area (Å²) in [5, 5.41) is 4.06. The Morgan fingerprint density at radius 3 is 2.55 bits per heavy atom. The highest BCUT2D eigenvalue weighted by Gasteiger charge is 2.42. The number of hydrogen-bond acceptors (Lipinski definition) is 4. The molecule has 1 aromatic carbocycles. The van der Waals surface area contributed by atoms with E-state index >= 15 is 0 Å². The van der Waals surface area contributed by atoms with Gasteiger partial charge in [-0.15, -0.1) is 0 Å². The molecule has 1 spiro atoms. The van der Waals surface area contributed by atoms with Crippen molar-refractivity contribution in [2.75, 3.05) is 13.1 Å². The molecule has 0 bridgehead atoms. The predicted molar refractivity (Wildman–Crippen MR) is 76.4 cm³/mol. The zero-order valence-corrected chi connectivity index (χ0v) is 12.4. The van der Waals surface area contributed by atoms with Crippen LogP contribution >= 0.6 is 11.6 Å². The highest BCUT2D eigenvalue weighted by atomic mass is 35.5. The molecule has 0 radical (unpaired) electrons. The van der Waals surface area contributed by atoms with Crippen molar-refractivity contribution < 1.29 is 13.3 Å². The first-order valence-corrected chi connectivity index (χ1v) is 8.30. The monoisotopic (exact) mass is 314 g/mol. The van der Waals surface area contributed by atoms with Crippen molar-refractivity contribution in [1.82, 2.24) is 4.31 Å². The molecular weight excluding hydrogens is 300 g/mol. The summed E-state index contributed by atoms with van der Waals surface area (Å²) in [6.45, 7) is 0.855. The van der Waals surface area contributed by atoms with Gasteiger partial charge in [-0.3, -0.25) is 0 Å². The van der Waals surface area contributed by atoms with E-state index in [2.05, 4.69) is 5.16 Å². The number of benzene rings is 1. The number of halogens is 1. The van der Waals surface area contributed by atoms with Gasteiger partial charge in [0.25, 0.3) is 0 Å². The smallest absolute Gasteiger partial charge is 0.244 e. The lowest BCUT2D eigenvalue weighted by Gasteiger charge is -2.36. The van der Waals surface area contributed by atoms with Crippen LogP contribution in [0, 0.1) is 0 Å². The van der Waals surface area contributed by atoms with Gasteiger partial charge in [-0.05, 0) is 12.1 Å². The van der Waals surface area contributed by atoms with Gasteiger partial charge in [-0.1, -0.05) is 28.9 Å². The SMILES string of the molecule is O=S(=O)(c1ccccc1Cl)N1CCC2(CC=NO2)CC1. The maximum absolute atomic E-state index is 12.6. The summed E-state index contributed by atoms with van der Waals surface area (Å²) >= 11 is 6.00. The third-order valence-electron chi connectivity index (χ3n) is 3.87. The maximum Gasteiger partial charge on any atom is 0.244 e. The van der Waals surface area contributed by atoms with Gasteiger partial charge in [0.15, 0.2) is 0 Å². The van der Waals surface area contributed by atoms with Crippen molar-refractivity contribution in [3.8, 4) is 0 Å². The van der Waals surface area contributed by atoms with Crippen molar-refractivity contribution in [3.05, 3.63) is 29.3 Å². The number of piperidine rings is 1. The number of sulfonamides is 1. The summed E-state index contributed by atoms with van der Waals surface area (Å²) in [5.41, 5.74) is -0.299. The van der Waals surface area contributed by atoms with Crippen molar-refractivity contribution in [1.29, 1.82) is 0 Å². The third kappa shape index (κ3) is 2.32. The van der Waals surface area contributed by atoms with Crippen LogP contribution in [0.3, 0.4) is 0 Å². The molecule has 0 saturated carbocycles. The first-order valence-electron chi connectivity index (χ1n) is 6.48. The summed E-state index contributed by atoms with van der Waals surface area (Å²) in [5.74, 6) is 0. The second-order valence-electron chi connectivity index (χ2n) is 5.10. The minimum atomic E-state index is -3.53. The minimum absolute atomic E-state index is 0.168. The van der Waals surface area contributed by atoms with E-state index in [1.165, 1.54) is 10.4 Å². The molecule has 5 nitrogen and oxygen atoms in total. The highest BCUT2D eigenvalue weighted by Crippen LogP contribution is 2.35. The Morgan fingerprint density at radius 1 is 1.25 bits per heavy atom. The minimum Gasteiger partial charge on any atom is -0.389 e. The zero-order valence-electron chi connectivity index (χ0n) is 10.8. The van der Waals surface area contributed by atoms with Crippen LogP contribution in [0.2, 0.25) is 5.02 Å². The summed E-state index contributed by atoms with van der Waals surface area (Å²) in [6.07, 6.45) is 3.80. The molecule has 0 N–H and O–H groups in total. The standard InChI is InChI=1S/C13H15ClN2O3S/c14-11-3-1-2-4-12(11)20(17,18)16-9-6-13(7-10-16)5-8-15-19-13/h1-4,8H,5-7,9-10H2. The largest absolute Gasteiger partial charge is 0.389 e. The molecule has 1 aromatic rings. The predicted octanol–water partition coefficient (Wildman–Crippen LogP) is 2.27. The molecule has 20 heavy (non-hydrogen) atoms. The summed E-state index contributed by atoms with van der Waals surface area (Å²) in [4.78, 5) is 5.56.